The van der Waals surface area contributed by atoms with Crippen molar-refractivity contribution < 1.29 is 4.79 Å². The highest BCUT2D eigenvalue weighted by molar-refractivity contribution is 5.83. The van der Waals surface area contributed by atoms with Crippen LogP contribution in [0, 0.1) is 5.41 Å². The second kappa shape index (κ2) is 6.74. The molecule has 0 aromatic heterocycles. The highest BCUT2D eigenvalue weighted by Gasteiger charge is 2.42. The number of amides is 1. The first-order valence-electron chi connectivity index (χ1n) is 8.25. The van der Waals surface area contributed by atoms with Crippen LogP contribution in [0.2, 0.25) is 0 Å². The number of hydrogen-bond donors (Lipinski definition) is 1. The van der Waals surface area contributed by atoms with Gasteiger partial charge in [0.15, 0.2) is 0 Å². The Bertz CT molecular complexity index is 292. The molecular formula is C16H30N2O. The molecule has 0 aliphatic carbocycles. The van der Waals surface area contributed by atoms with Crippen LogP contribution in [0.3, 0.4) is 0 Å². The van der Waals surface area contributed by atoms with E-state index in [1.165, 1.54) is 19.3 Å². The molecule has 1 N–H and O–H groups in total. The summed E-state index contributed by atoms with van der Waals surface area (Å²) in [6.45, 7) is 7.46. The van der Waals surface area contributed by atoms with Crippen molar-refractivity contribution in [1.29, 1.82) is 0 Å². The van der Waals surface area contributed by atoms with Crippen molar-refractivity contribution in [1.82, 2.24) is 10.2 Å². The van der Waals surface area contributed by atoms with Gasteiger partial charge in [-0.15, -0.1) is 0 Å². The Morgan fingerprint density at radius 3 is 2.63 bits per heavy atom. The lowest BCUT2D eigenvalue weighted by molar-refractivity contribution is -0.148. The summed E-state index contributed by atoms with van der Waals surface area (Å²) in [4.78, 5) is 15.4. The minimum Gasteiger partial charge on any atom is -0.339 e. The van der Waals surface area contributed by atoms with Gasteiger partial charge in [0.25, 0.3) is 0 Å². The summed E-state index contributed by atoms with van der Waals surface area (Å²) in [6.07, 6.45) is 9.08. The zero-order valence-electron chi connectivity index (χ0n) is 12.7. The summed E-state index contributed by atoms with van der Waals surface area (Å²) in [6, 6.07) is 0.505. The monoisotopic (exact) mass is 266 g/mol. The van der Waals surface area contributed by atoms with Gasteiger partial charge in [0.1, 0.15) is 0 Å². The second-order valence-corrected chi connectivity index (χ2v) is 6.34. The van der Waals surface area contributed by atoms with Crippen molar-refractivity contribution in [3.63, 3.8) is 0 Å². The lowest BCUT2D eigenvalue weighted by Gasteiger charge is -2.44. The number of nitrogens with zero attached hydrogens (tertiary/aromatic N) is 1. The third-order valence-corrected chi connectivity index (χ3v) is 5.10. The number of hydrogen-bond acceptors (Lipinski definition) is 2. The Hall–Kier alpha value is -0.570. The molecule has 2 fully saturated rings. The second-order valence-electron chi connectivity index (χ2n) is 6.34. The molecule has 3 nitrogen and oxygen atoms in total. The van der Waals surface area contributed by atoms with Crippen LogP contribution in [0.5, 0.6) is 0 Å². The van der Waals surface area contributed by atoms with Crippen LogP contribution in [-0.4, -0.2) is 36.5 Å². The number of rotatable bonds is 4. The lowest BCUT2D eigenvalue weighted by Crippen LogP contribution is -2.53. The van der Waals surface area contributed by atoms with Crippen LogP contribution in [-0.2, 0) is 4.79 Å². The number of carbonyl (C=O) groups is 1. The van der Waals surface area contributed by atoms with Crippen LogP contribution in [0.25, 0.3) is 0 Å². The molecule has 2 aliphatic heterocycles. The van der Waals surface area contributed by atoms with E-state index in [4.69, 9.17) is 0 Å². The predicted octanol–water partition coefficient (Wildman–Crippen LogP) is 2.95. The standard InChI is InChI=1S/C16H30N2O/c1-3-8-16(9-11-17-12-10-16)15(19)18-13-6-5-7-14(18)4-2/h14,17H,3-13H2,1-2H3. The molecule has 1 atom stereocenters. The molecule has 0 saturated carbocycles. The molecule has 0 aromatic rings. The van der Waals surface area contributed by atoms with Gasteiger partial charge < -0.3 is 10.2 Å². The first kappa shape index (κ1) is 14.8. The SMILES string of the molecule is CCCC1(C(=O)N2CCCCC2CC)CCNCC1. The first-order chi connectivity index (χ1) is 9.23. The quantitative estimate of drug-likeness (QED) is 0.848. The van der Waals surface area contributed by atoms with Gasteiger partial charge in [-0.25, -0.2) is 0 Å². The third kappa shape index (κ3) is 3.13. The average Bonchev–Trinajstić information content (AvgIpc) is 2.47. The van der Waals surface area contributed by atoms with Gasteiger partial charge in [-0.2, -0.15) is 0 Å². The number of nitrogens with one attached hydrogen (secondary N) is 1. The molecule has 2 heterocycles. The van der Waals surface area contributed by atoms with Gasteiger partial charge in [-0.3, -0.25) is 4.79 Å². The smallest absolute Gasteiger partial charge is 0.229 e. The fourth-order valence-corrected chi connectivity index (χ4v) is 3.95. The zero-order valence-corrected chi connectivity index (χ0v) is 12.7. The maximum Gasteiger partial charge on any atom is 0.229 e. The maximum absolute atomic E-state index is 13.1. The molecule has 0 aromatic carbocycles. The van der Waals surface area contributed by atoms with Crippen LogP contribution in [0.4, 0.5) is 0 Å². The van der Waals surface area contributed by atoms with Crippen LogP contribution < -0.4 is 5.32 Å². The molecule has 110 valence electrons. The Morgan fingerprint density at radius 1 is 1.26 bits per heavy atom. The van der Waals surface area contributed by atoms with Gasteiger partial charge in [-0.1, -0.05) is 20.3 Å². The molecule has 2 saturated heterocycles. The van der Waals surface area contributed by atoms with Crippen molar-refractivity contribution >= 4 is 5.91 Å². The normalized spacial score (nSPS) is 27.3. The van der Waals surface area contributed by atoms with Gasteiger partial charge in [0.2, 0.25) is 5.91 Å². The number of likely N-dealkylation sites (tertiary alicyclic amines) is 1. The minimum atomic E-state index is -0.0508. The van der Waals surface area contributed by atoms with Crippen LogP contribution >= 0.6 is 0 Å². The molecular weight excluding hydrogens is 236 g/mol. The Labute approximate surface area is 118 Å². The van der Waals surface area contributed by atoms with Crippen molar-refractivity contribution in [3.8, 4) is 0 Å². The summed E-state index contributed by atoms with van der Waals surface area (Å²) >= 11 is 0. The molecule has 19 heavy (non-hydrogen) atoms. The van der Waals surface area contributed by atoms with Crippen molar-refractivity contribution in [2.45, 2.75) is 71.3 Å². The highest BCUT2D eigenvalue weighted by atomic mass is 16.2. The van der Waals surface area contributed by atoms with Crippen LogP contribution in [0.1, 0.15) is 65.2 Å². The lowest BCUT2D eigenvalue weighted by atomic mass is 9.73. The van der Waals surface area contributed by atoms with Crippen LogP contribution in [0.15, 0.2) is 0 Å². The molecule has 0 bridgehead atoms. The van der Waals surface area contributed by atoms with E-state index in [2.05, 4.69) is 24.1 Å². The topological polar surface area (TPSA) is 32.3 Å². The van der Waals surface area contributed by atoms with E-state index in [0.717, 1.165) is 51.7 Å². The molecule has 1 amide bonds. The van der Waals surface area contributed by atoms with Gasteiger partial charge in [0.05, 0.1) is 5.41 Å². The van der Waals surface area contributed by atoms with Crippen molar-refractivity contribution in [2.24, 2.45) is 5.41 Å². The maximum atomic E-state index is 13.1. The average molecular weight is 266 g/mol. The largest absolute Gasteiger partial charge is 0.339 e. The van der Waals surface area contributed by atoms with E-state index in [-0.39, 0.29) is 5.41 Å². The highest BCUT2D eigenvalue weighted by Crippen LogP contribution is 2.38. The van der Waals surface area contributed by atoms with E-state index in [1.807, 2.05) is 0 Å². The van der Waals surface area contributed by atoms with E-state index in [1.54, 1.807) is 0 Å². The molecule has 3 heteroatoms. The molecule has 0 radical (unpaired) electrons. The van der Waals surface area contributed by atoms with Gasteiger partial charge in [-0.05, 0) is 58.0 Å². The predicted molar refractivity (Wildman–Crippen MR) is 79.1 cm³/mol. The van der Waals surface area contributed by atoms with Crippen molar-refractivity contribution in [2.75, 3.05) is 19.6 Å². The van der Waals surface area contributed by atoms with Crippen molar-refractivity contribution in [3.05, 3.63) is 0 Å². The summed E-state index contributed by atoms with van der Waals surface area (Å²) < 4.78 is 0. The van der Waals surface area contributed by atoms with E-state index >= 15 is 0 Å². The Kier molecular flexibility index (Phi) is 5.26. The summed E-state index contributed by atoms with van der Waals surface area (Å²) in [5.41, 5.74) is -0.0508. The van der Waals surface area contributed by atoms with E-state index in [0.29, 0.717) is 11.9 Å². The fourth-order valence-electron chi connectivity index (χ4n) is 3.95. The van der Waals surface area contributed by atoms with Gasteiger partial charge >= 0.3 is 0 Å². The van der Waals surface area contributed by atoms with E-state index in [9.17, 15) is 4.79 Å². The summed E-state index contributed by atoms with van der Waals surface area (Å²) in [7, 11) is 0. The fraction of sp³-hybridized carbons (Fsp3) is 0.938. The minimum absolute atomic E-state index is 0.0508. The summed E-state index contributed by atoms with van der Waals surface area (Å²) in [5, 5.41) is 3.41. The first-order valence-corrected chi connectivity index (χ1v) is 8.25. The molecule has 1 unspecified atom stereocenters. The Morgan fingerprint density at radius 2 is 2.00 bits per heavy atom. The van der Waals surface area contributed by atoms with E-state index < -0.39 is 0 Å². The Balaban J connectivity index is 2.13. The van der Waals surface area contributed by atoms with Gasteiger partial charge in [0, 0.05) is 12.6 Å². The molecule has 2 aliphatic rings. The number of carbonyl (C=O) groups excluding carboxylic acids is 1. The molecule has 2 rings (SSSR count). The zero-order chi connectivity index (χ0) is 13.7. The third-order valence-electron chi connectivity index (χ3n) is 5.10. The summed E-state index contributed by atoms with van der Waals surface area (Å²) in [5.74, 6) is 0.474. The number of piperidine rings is 2. The molecule has 0 spiro atoms.